The smallest absolute Gasteiger partial charge is 0.243 e. The molecule has 2 aromatic rings. The third-order valence-corrected chi connectivity index (χ3v) is 6.26. The Kier molecular flexibility index (Phi) is 6.54. The van der Waals surface area contributed by atoms with E-state index < -0.39 is 10.0 Å². The lowest BCUT2D eigenvalue weighted by Crippen LogP contribution is -2.52. The van der Waals surface area contributed by atoms with Crippen molar-refractivity contribution in [3.8, 4) is 5.75 Å². The van der Waals surface area contributed by atoms with Crippen molar-refractivity contribution in [1.82, 2.24) is 4.90 Å². The number of hydrogen-bond acceptors (Lipinski definition) is 5. The standard InChI is InChI=1S/C20H24ClN3O4S/c1-28-19-9-7-17(8-10-19)22-11-13-23(14-12-22)20(25)15-24(29(2,26)27)18-5-3-16(21)4-6-18/h3-10H,11-15H2,1-2H3. The maximum Gasteiger partial charge on any atom is 0.243 e. The van der Waals surface area contributed by atoms with Crippen molar-refractivity contribution in [2.24, 2.45) is 0 Å². The van der Waals surface area contributed by atoms with Crippen molar-refractivity contribution >= 4 is 38.9 Å². The van der Waals surface area contributed by atoms with Crippen LogP contribution in [0, 0.1) is 0 Å². The largest absolute Gasteiger partial charge is 0.497 e. The molecule has 1 aliphatic rings. The van der Waals surface area contributed by atoms with Crippen LogP contribution in [0.3, 0.4) is 0 Å². The van der Waals surface area contributed by atoms with Crippen molar-refractivity contribution in [3.63, 3.8) is 0 Å². The number of hydrogen-bond donors (Lipinski definition) is 0. The summed E-state index contributed by atoms with van der Waals surface area (Å²) >= 11 is 5.88. The number of halogens is 1. The minimum Gasteiger partial charge on any atom is -0.497 e. The molecule has 9 heteroatoms. The van der Waals surface area contributed by atoms with Gasteiger partial charge in [0.1, 0.15) is 12.3 Å². The lowest BCUT2D eigenvalue weighted by atomic mass is 10.2. The minimum atomic E-state index is -3.60. The van der Waals surface area contributed by atoms with Gasteiger partial charge in [-0.25, -0.2) is 8.42 Å². The van der Waals surface area contributed by atoms with Crippen molar-refractivity contribution in [1.29, 1.82) is 0 Å². The molecule has 2 aromatic carbocycles. The van der Waals surface area contributed by atoms with E-state index in [4.69, 9.17) is 16.3 Å². The van der Waals surface area contributed by atoms with Crippen LogP contribution in [0.15, 0.2) is 48.5 Å². The van der Waals surface area contributed by atoms with Crippen LogP contribution in [-0.4, -0.2) is 65.3 Å². The summed E-state index contributed by atoms with van der Waals surface area (Å²) in [7, 11) is -1.98. The summed E-state index contributed by atoms with van der Waals surface area (Å²) in [5.41, 5.74) is 1.49. The van der Waals surface area contributed by atoms with Gasteiger partial charge in [-0.05, 0) is 48.5 Å². The fourth-order valence-corrected chi connectivity index (χ4v) is 4.21. The molecular weight excluding hydrogens is 414 g/mol. The molecular formula is C20H24ClN3O4S. The number of anilines is 2. The number of carbonyl (C=O) groups excluding carboxylic acids is 1. The van der Waals surface area contributed by atoms with Gasteiger partial charge < -0.3 is 14.5 Å². The highest BCUT2D eigenvalue weighted by molar-refractivity contribution is 7.92. The van der Waals surface area contributed by atoms with Gasteiger partial charge in [-0.3, -0.25) is 9.10 Å². The average Bonchev–Trinajstić information content (AvgIpc) is 2.72. The van der Waals surface area contributed by atoms with Gasteiger partial charge in [0.25, 0.3) is 0 Å². The Balaban J connectivity index is 1.63. The first-order valence-corrected chi connectivity index (χ1v) is 11.4. The predicted molar refractivity (Wildman–Crippen MR) is 115 cm³/mol. The second-order valence-electron chi connectivity index (χ2n) is 6.81. The van der Waals surface area contributed by atoms with Gasteiger partial charge in [0.2, 0.25) is 15.9 Å². The number of piperazine rings is 1. The summed E-state index contributed by atoms with van der Waals surface area (Å²) in [6.07, 6.45) is 1.09. The van der Waals surface area contributed by atoms with E-state index in [1.165, 1.54) is 0 Å². The van der Waals surface area contributed by atoms with Crippen LogP contribution in [0.5, 0.6) is 5.75 Å². The van der Waals surface area contributed by atoms with E-state index in [9.17, 15) is 13.2 Å². The lowest BCUT2D eigenvalue weighted by Gasteiger charge is -2.37. The molecule has 0 aromatic heterocycles. The Bertz CT molecular complexity index is 941. The van der Waals surface area contributed by atoms with Crippen LogP contribution >= 0.6 is 11.6 Å². The summed E-state index contributed by atoms with van der Waals surface area (Å²) in [4.78, 5) is 16.7. The zero-order valence-corrected chi connectivity index (χ0v) is 18.0. The van der Waals surface area contributed by atoms with Gasteiger partial charge >= 0.3 is 0 Å². The van der Waals surface area contributed by atoms with Crippen LogP contribution < -0.4 is 13.9 Å². The van der Waals surface area contributed by atoms with Crippen molar-refractivity contribution in [3.05, 3.63) is 53.6 Å². The van der Waals surface area contributed by atoms with Gasteiger partial charge in [-0.1, -0.05) is 11.6 Å². The molecule has 29 heavy (non-hydrogen) atoms. The third kappa shape index (κ3) is 5.33. The molecule has 0 saturated carbocycles. The van der Waals surface area contributed by atoms with Crippen molar-refractivity contribution < 1.29 is 17.9 Å². The van der Waals surface area contributed by atoms with E-state index in [1.807, 2.05) is 24.3 Å². The molecule has 0 radical (unpaired) electrons. The number of rotatable bonds is 6. The summed E-state index contributed by atoms with van der Waals surface area (Å²) in [5, 5.41) is 0.503. The predicted octanol–water partition coefficient (Wildman–Crippen LogP) is 2.46. The molecule has 0 N–H and O–H groups in total. The zero-order valence-electron chi connectivity index (χ0n) is 16.4. The second-order valence-corrected chi connectivity index (χ2v) is 9.16. The fraction of sp³-hybridized carbons (Fsp3) is 0.350. The number of sulfonamides is 1. The lowest BCUT2D eigenvalue weighted by molar-refractivity contribution is -0.129. The Morgan fingerprint density at radius 2 is 1.62 bits per heavy atom. The summed E-state index contributed by atoms with van der Waals surface area (Å²) in [6.45, 7) is 2.19. The van der Waals surface area contributed by atoms with Crippen LogP contribution in [-0.2, 0) is 14.8 Å². The molecule has 1 heterocycles. The first-order chi connectivity index (χ1) is 13.8. The second kappa shape index (κ2) is 8.92. The topological polar surface area (TPSA) is 70.2 Å². The molecule has 0 atom stereocenters. The quantitative estimate of drug-likeness (QED) is 0.694. The summed E-state index contributed by atoms with van der Waals surface area (Å²) < 4.78 is 30.7. The van der Waals surface area contributed by atoms with Crippen molar-refractivity contribution in [2.45, 2.75) is 0 Å². The monoisotopic (exact) mass is 437 g/mol. The Hall–Kier alpha value is -2.45. The van der Waals surface area contributed by atoms with Crippen LogP contribution in [0.25, 0.3) is 0 Å². The highest BCUT2D eigenvalue weighted by Crippen LogP contribution is 2.22. The maximum absolute atomic E-state index is 12.8. The maximum atomic E-state index is 12.8. The van der Waals surface area contributed by atoms with Crippen LogP contribution in [0.1, 0.15) is 0 Å². The number of methoxy groups -OCH3 is 1. The molecule has 1 fully saturated rings. The first kappa shape index (κ1) is 21.3. The highest BCUT2D eigenvalue weighted by atomic mass is 35.5. The summed E-state index contributed by atoms with van der Waals surface area (Å²) in [6, 6.07) is 14.2. The van der Waals surface area contributed by atoms with E-state index in [-0.39, 0.29) is 12.5 Å². The van der Waals surface area contributed by atoms with Gasteiger partial charge in [0.05, 0.1) is 19.1 Å². The van der Waals surface area contributed by atoms with Gasteiger partial charge in [-0.2, -0.15) is 0 Å². The zero-order chi connectivity index (χ0) is 21.0. The molecule has 0 bridgehead atoms. The molecule has 156 valence electrons. The molecule has 3 rings (SSSR count). The molecule has 0 spiro atoms. The van der Waals surface area contributed by atoms with E-state index in [2.05, 4.69) is 4.90 Å². The van der Waals surface area contributed by atoms with Gasteiger partial charge in [0.15, 0.2) is 0 Å². The number of ether oxygens (including phenoxy) is 1. The third-order valence-electron chi connectivity index (χ3n) is 4.86. The number of nitrogens with zero attached hydrogens (tertiary/aromatic N) is 3. The molecule has 0 unspecified atom stereocenters. The minimum absolute atomic E-state index is 0.222. The Labute approximate surface area is 176 Å². The molecule has 0 aliphatic carbocycles. The first-order valence-electron chi connectivity index (χ1n) is 9.18. The van der Waals surface area contributed by atoms with E-state index in [0.717, 1.165) is 22.0 Å². The van der Waals surface area contributed by atoms with E-state index in [1.54, 1.807) is 36.3 Å². The fourth-order valence-electron chi connectivity index (χ4n) is 3.24. The molecule has 1 saturated heterocycles. The molecule has 1 amide bonds. The normalized spacial score (nSPS) is 14.6. The average molecular weight is 438 g/mol. The van der Waals surface area contributed by atoms with Crippen LogP contribution in [0.4, 0.5) is 11.4 Å². The highest BCUT2D eigenvalue weighted by Gasteiger charge is 2.26. The number of benzene rings is 2. The molecule has 1 aliphatic heterocycles. The van der Waals surface area contributed by atoms with E-state index >= 15 is 0 Å². The Morgan fingerprint density at radius 3 is 2.14 bits per heavy atom. The van der Waals surface area contributed by atoms with Gasteiger partial charge in [0, 0.05) is 36.9 Å². The van der Waals surface area contributed by atoms with Crippen LogP contribution in [0.2, 0.25) is 5.02 Å². The van der Waals surface area contributed by atoms with Crippen molar-refractivity contribution in [2.75, 3.05) is 55.3 Å². The number of amides is 1. The molecule has 7 nitrogen and oxygen atoms in total. The van der Waals surface area contributed by atoms with Gasteiger partial charge in [-0.15, -0.1) is 0 Å². The SMILES string of the molecule is COc1ccc(N2CCN(C(=O)CN(c3ccc(Cl)cc3)S(C)(=O)=O)CC2)cc1. The van der Waals surface area contributed by atoms with E-state index in [0.29, 0.717) is 36.9 Å². The number of carbonyl (C=O) groups is 1. The Morgan fingerprint density at radius 1 is 1.03 bits per heavy atom. The summed E-state index contributed by atoms with van der Waals surface area (Å²) in [5.74, 6) is 0.574.